The van der Waals surface area contributed by atoms with E-state index in [1.165, 1.54) is 12.1 Å². The number of carbonyl (C=O) groups is 4. The van der Waals surface area contributed by atoms with Gasteiger partial charge in [-0.2, -0.15) is 12.6 Å². The van der Waals surface area contributed by atoms with Crippen LogP contribution in [-0.4, -0.2) is 82.9 Å². The number of nitrogens with one attached hydrogen (secondary N) is 3. The summed E-state index contributed by atoms with van der Waals surface area (Å²) in [5, 5.41) is 26.8. The van der Waals surface area contributed by atoms with E-state index in [0.717, 1.165) is 0 Å². The van der Waals surface area contributed by atoms with Crippen molar-refractivity contribution in [1.82, 2.24) is 16.0 Å². The number of nitrogens with zero attached hydrogens (tertiary/aromatic N) is 1. The van der Waals surface area contributed by atoms with E-state index in [4.69, 9.17) is 22.9 Å². The second kappa shape index (κ2) is 17.9. The summed E-state index contributed by atoms with van der Waals surface area (Å²) < 4.78 is 0. The van der Waals surface area contributed by atoms with E-state index >= 15 is 0 Å². The van der Waals surface area contributed by atoms with Crippen LogP contribution < -0.4 is 38.9 Å². The number of rotatable bonds is 18. The third kappa shape index (κ3) is 13.2. The van der Waals surface area contributed by atoms with Crippen LogP contribution in [0, 0.1) is 0 Å². The minimum absolute atomic E-state index is 0.0209. The maximum atomic E-state index is 13.2. The van der Waals surface area contributed by atoms with Crippen LogP contribution in [0.5, 0.6) is 5.75 Å². The van der Waals surface area contributed by atoms with Gasteiger partial charge in [-0.1, -0.05) is 12.1 Å². The van der Waals surface area contributed by atoms with Crippen LogP contribution in [0.25, 0.3) is 0 Å². The summed E-state index contributed by atoms with van der Waals surface area (Å²) in [5.41, 5.74) is 22.5. The molecule has 0 saturated heterocycles. The lowest BCUT2D eigenvalue weighted by Crippen LogP contribution is -2.57. The average Bonchev–Trinajstić information content (AvgIpc) is 2.89. The summed E-state index contributed by atoms with van der Waals surface area (Å²) in [6, 6.07) is 1.50. The van der Waals surface area contributed by atoms with Crippen LogP contribution in [0.3, 0.4) is 0 Å². The summed E-state index contributed by atoms with van der Waals surface area (Å²) in [5.74, 6) is -3.27. The first-order valence-corrected chi connectivity index (χ1v) is 13.1. The molecule has 4 atom stereocenters. The van der Waals surface area contributed by atoms with Crippen molar-refractivity contribution in [2.75, 3.05) is 18.8 Å². The molecule has 218 valence electrons. The van der Waals surface area contributed by atoms with Crippen molar-refractivity contribution in [2.45, 2.75) is 62.7 Å². The number of unbranched alkanes of at least 4 members (excludes halogenated alkanes) is 1. The second-order valence-electron chi connectivity index (χ2n) is 8.91. The van der Waals surface area contributed by atoms with Crippen LogP contribution in [0.2, 0.25) is 0 Å². The Hall–Kier alpha value is -3.56. The Balaban J connectivity index is 3.04. The Morgan fingerprint density at radius 1 is 0.872 bits per heavy atom. The average molecular weight is 569 g/mol. The zero-order chi connectivity index (χ0) is 29.4. The number of amides is 3. The summed E-state index contributed by atoms with van der Waals surface area (Å²) in [4.78, 5) is 54.4. The van der Waals surface area contributed by atoms with E-state index in [1.807, 2.05) is 0 Å². The van der Waals surface area contributed by atoms with Crippen LogP contribution >= 0.6 is 12.6 Å². The fraction of sp³-hybridized carbons (Fsp3) is 0.542. The number of phenolic OH excluding ortho intramolecular Hbond substituents is 1. The highest BCUT2D eigenvalue weighted by atomic mass is 32.1. The van der Waals surface area contributed by atoms with Gasteiger partial charge in [0.05, 0.1) is 6.04 Å². The number of nitrogens with two attached hydrogens (primary N) is 4. The van der Waals surface area contributed by atoms with Gasteiger partial charge in [0.1, 0.15) is 23.9 Å². The van der Waals surface area contributed by atoms with Crippen LogP contribution in [-0.2, 0) is 25.6 Å². The Kier molecular flexibility index (Phi) is 15.3. The Bertz CT molecular complexity index is 974. The predicted octanol–water partition coefficient (Wildman–Crippen LogP) is -2.09. The lowest BCUT2D eigenvalue weighted by atomic mass is 10.0. The Morgan fingerprint density at radius 2 is 1.41 bits per heavy atom. The monoisotopic (exact) mass is 568 g/mol. The van der Waals surface area contributed by atoms with Gasteiger partial charge in [-0.3, -0.25) is 19.4 Å². The number of carboxylic acid groups (broad SMARTS) is 1. The molecule has 0 spiro atoms. The smallest absolute Gasteiger partial charge is 0.326 e. The van der Waals surface area contributed by atoms with Crippen molar-refractivity contribution >= 4 is 42.3 Å². The zero-order valence-corrected chi connectivity index (χ0v) is 22.6. The zero-order valence-electron chi connectivity index (χ0n) is 21.7. The number of phenols is 1. The van der Waals surface area contributed by atoms with Crippen LogP contribution in [0.1, 0.15) is 37.7 Å². The quantitative estimate of drug-likeness (QED) is 0.0399. The normalized spacial score (nSPS) is 13.8. The molecule has 0 radical (unpaired) electrons. The van der Waals surface area contributed by atoms with Crippen LogP contribution in [0.4, 0.5) is 0 Å². The van der Waals surface area contributed by atoms with Gasteiger partial charge in [0.15, 0.2) is 5.96 Å². The molecule has 0 aliphatic carbocycles. The maximum Gasteiger partial charge on any atom is 0.326 e. The Morgan fingerprint density at radius 3 is 1.92 bits per heavy atom. The summed E-state index contributed by atoms with van der Waals surface area (Å²) in [6.45, 7) is 0.574. The number of aromatic hydroxyl groups is 1. The summed E-state index contributed by atoms with van der Waals surface area (Å²) in [7, 11) is 0. The number of aliphatic imine (C=N–C) groups is 1. The maximum absolute atomic E-state index is 13.2. The summed E-state index contributed by atoms with van der Waals surface area (Å²) in [6.07, 6.45) is 1.68. The third-order valence-corrected chi connectivity index (χ3v) is 6.08. The topological polar surface area (TPSA) is 261 Å². The molecule has 0 heterocycles. The minimum atomic E-state index is -1.29. The van der Waals surface area contributed by atoms with Gasteiger partial charge in [0, 0.05) is 18.7 Å². The second-order valence-corrected chi connectivity index (χ2v) is 9.28. The van der Waals surface area contributed by atoms with Crippen molar-refractivity contribution in [3.05, 3.63) is 29.8 Å². The van der Waals surface area contributed by atoms with Gasteiger partial charge in [-0.15, -0.1) is 0 Å². The molecule has 0 bridgehead atoms. The van der Waals surface area contributed by atoms with E-state index in [0.29, 0.717) is 31.4 Å². The van der Waals surface area contributed by atoms with Crippen LogP contribution in [0.15, 0.2) is 29.3 Å². The van der Waals surface area contributed by atoms with Gasteiger partial charge in [-0.05, 0) is 56.3 Å². The summed E-state index contributed by atoms with van der Waals surface area (Å²) >= 11 is 4.00. The lowest BCUT2D eigenvalue weighted by Gasteiger charge is -2.25. The van der Waals surface area contributed by atoms with E-state index < -0.39 is 47.9 Å². The third-order valence-electron chi connectivity index (χ3n) is 5.68. The fourth-order valence-electron chi connectivity index (χ4n) is 3.51. The van der Waals surface area contributed by atoms with Crippen molar-refractivity contribution in [1.29, 1.82) is 0 Å². The van der Waals surface area contributed by atoms with Crippen molar-refractivity contribution in [3.63, 3.8) is 0 Å². The predicted molar refractivity (Wildman–Crippen MR) is 150 cm³/mol. The molecule has 39 heavy (non-hydrogen) atoms. The largest absolute Gasteiger partial charge is 0.508 e. The molecule has 15 heteroatoms. The number of benzene rings is 1. The fourth-order valence-corrected chi connectivity index (χ4v) is 3.67. The molecule has 1 aromatic carbocycles. The molecule has 14 nitrogen and oxygen atoms in total. The van der Waals surface area contributed by atoms with Crippen molar-refractivity contribution in [2.24, 2.45) is 27.9 Å². The molecule has 0 aromatic heterocycles. The molecule has 0 saturated carbocycles. The van der Waals surface area contributed by atoms with Crippen molar-refractivity contribution < 1.29 is 29.4 Å². The van der Waals surface area contributed by atoms with Gasteiger partial charge in [0.25, 0.3) is 0 Å². The van der Waals surface area contributed by atoms with Gasteiger partial charge in [0.2, 0.25) is 17.7 Å². The molecular weight excluding hydrogens is 528 g/mol. The molecule has 0 fully saturated rings. The molecule has 4 unspecified atom stereocenters. The number of hydrogen-bond acceptors (Lipinski definition) is 9. The first kappa shape index (κ1) is 33.5. The molecule has 3 amide bonds. The van der Waals surface area contributed by atoms with Gasteiger partial charge < -0.3 is 49.1 Å². The van der Waals surface area contributed by atoms with E-state index in [1.54, 1.807) is 12.1 Å². The standard InChI is InChI=1S/C24H40N8O6S/c25-10-2-1-4-17(22(36)32-19(23(37)38)12-14-6-8-15(33)9-7-14)31-21(35)18(5-3-11-29-24(27)28)30-20(34)16(26)13-39/h6-9,16-19,33,39H,1-5,10-13,25-26H2,(H,30,34)(H,31,35)(H,32,36)(H,37,38)(H4,27,28,29). The number of hydrogen-bond donors (Lipinski definition) is 10. The molecule has 0 aliphatic heterocycles. The number of carboxylic acids is 1. The molecule has 13 N–H and O–H groups in total. The van der Waals surface area contributed by atoms with E-state index in [-0.39, 0.29) is 43.3 Å². The SMILES string of the molecule is NCCCCC(NC(=O)C(CCCN=C(N)N)NC(=O)C(N)CS)C(=O)NC(Cc1ccc(O)cc1)C(=O)O. The van der Waals surface area contributed by atoms with Gasteiger partial charge in [-0.25, -0.2) is 4.79 Å². The Labute approximate surface area is 232 Å². The first-order chi connectivity index (χ1) is 18.5. The number of thiol groups is 1. The number of aliphatic carboxylic acids is 1. The highest BCUT2D eigenvalue weighted by molar-refractivity contribution is 7.80. The minimum Gasteiger partial charge on any atom is -0.508 e. The highest BCUT2D eigenvalue weighted by Crippen LogP contribution is 2.12. The number of guanidine groups is 1. The van der Waals surface area contributed by atoms with Gasteiger partial charge >= 0.3 is 5.97 Å². The highest BCUT2D eigenvalue weighted by Gasteiger charge is 2.30. The van der Waals surface area contributed by atoms with E-state index in [9.17, 15) is 29.4 Å². The molecule has 1 aromatic rings. The molecule has 1 rings (SSSR count). The van der Waals surface area contributed by atoms with Crippen molar-refractivity contribution in [3.8, 4) is 5.75 Å². The van der Waals surface area contributed by atoms with E-state index in [2.05, 4.69) is 33.6 Å². The molecular formula is C24H40N8O6S. The molecule has 0 aliphatic rings. The first-order valence-electron chi connectivity index (χ1n) is 12.5. The lowest BCUT2D eigenvalue weighted by molar-refractivity contribution is -0.142. The number of carbonyl (C=O) groups excluding carboxylic acids is 3.